The first-order chi connectivity index (χ1) is 8.67. The summed E-state index contributed by atoms with van der Waals surface area (Å²) in [5.41, 5.74) is 5.40. The molecule has 0 aromatic heterocycles. The lowest BCUT2D eigenvalue weighted by Gasteiger charge is -2.16. The Bertz CT molecular complexity index is 284. The van der Waals surface area contributed by atoms with Crippen LogP contribution in [0.2, 0.25) is 0 Å². The Morgan fingerprint density at radius 2 is 2.17 bits per heavy atom. The Morgan fingerprint density at radius 1 is 1.39 bits per heavy atom. The molecule has 0 aliphatic carbocycles. The number of nitrogens with zero attached hydrogens (tertiary/aromatic N) is 1. The second-order valence-electron chi connectivity index (χ2n) is 4.56. The van der Waals surface area contributed by atoms with Gasteiger partial charge in [-0.15, -0.1) is 0 Å². The maximum absolute atomic E-state index is 11.9. The molecule has 1 aliphatic heterocycles. The molecule has 0 aromatic carbocycles. The van der Waals surface area contributed by atoms with Crippen molar-refractivity contribution in [3.05, 3.63) is 0 Å². The Labute approximate surface area is 108 Å². The van der Waals surface area contributed by atoms with E-state index < -0.39 is 6.09 Å². The van der Waals surface area contributed by atoms with Gasteiger partial charge in [0.05, 0.1) is 13.2 Å². The van der Waals surface area contributed by atoms with E-state index in [0.29, 0.717) is 26.1 Å². The van der Waals surface area contributed by atoms with Crippen molar-refractivity contribution in [3.8, 4) is 0 Å². The first-order valence-corrected chi connectivity index (χ1v) is 6.49. The second kappa shape index (κ2) is 7.92. The fourth-order valence-electron chi connectivity index (χ4n) is 2.09. The Balaban J connectivity index is 2.20. The maximum Gasteiger partial charge on any atom is 0.407 e. The van der Waals surface area contributed by atoms with Crippen LogP contribution in [-0.4, -0.2) is 49.7 Å². The van der Waals surface area contributed by atoms with Gasteiger partial charge in [-0.25, -0.2) is 4.79 Å². The fourth-order valence-corrected chi connectivity index (χ4v) is 2.09. The average Bonchev–Trinajstić information content (AvgIpc) is 2.82. The van der Waals surface area contributed by atoms with Crippen LogP contribution in [0.4, 0.5) is 4.79 Å². The molecule has 1 fully saturated rings. The van der Waals surface area contributed by atoms with Crippen molar-refractivity contribution in [1.29, 1.82) is 0 Å². The largest absolute Gasteiger partial charge is 0.453 e. The summed E-state index contributed by atoms with van der Waals surface area (Å²) in [4.78, 5) is 24.7. The van der Waals surface area contributed by atoms with Crippen LogP contribution in [0.15, 0.2) is 0 Å². The molecule has 1 atom stereocenters. The van der Waals surface area contributed by atoms with Crippen molar-refractivity contribution in [2.24, 2.45) is 5.73 Å². The zero-order valence-electron chi connectivity index (χ0n) is 11.0. The number of hydrogen-bond acceptors (Lipinski definition) is 4. The number of methoxy groups -OCH3 is 1. The summed E-state index contributed by atoms with van der Waals surface area (Å²) in [5.74, 6) is 0.168. The highest BCUT2D eigenvalue weighted by molar-refractivity contribution is 5.76. The number of carbonyl (C=O) groups excluding carboxylic acids is 2. The zero-order valence-corrected chi connectivity index (χ0v) is 11.0. The monoisotopic (exact) mass is 257 g/mol. The molecule has 1 rings (SSSR count). The van der Waals surface area contributed by atoms with Crippen molar-refractivity contribution < 1.29 is 14.3 Å². The van der Waals surface area contributed by atoms with Gasteiger partial charge >= 0.3 is 6.09 Å². The minimum absolute atomic E-state index is 0.0189. The normalized spacial score (nSPS) is 18.8. The summed E-state index contributed by atoms with van der Waals surface area (Å²) in [6, 6.07) is 0.0189. The van der Waals surface area contributed by atoms with E-state index in [4.69, 9.17) is 5.73 Å². The van der Waals surface area contributed by atoms with E-state index in [0.717, 1.165) is 25.7 Å². The van der Waals surface area contributed by atoms with Crippen LogP contribution in [0.5, 0.6) is 0 Å². The minimum Gasteiger partial charge on any atom is -0.453 e. The molecule has 0 spiro atoms. The van der Waals surface area contributed by atoms with Crippen molar-refractivity contribution in [2.75, 3.05) is 26.7 Å². The summed E-state index contributed by atoms with van der Waals surface area (Å²) in [6.07, 6.45) is 3.80. The van der Waals surface area contributed by atoms with E-state index in [1.54, 1.807) is 0 Å². The number of alkyl carbamates (subject to hydrolysis) is 1. The van der Waals surface area contributed by atoms with E-state index >= 15 is 0 Å². The molecule has 0 aromatic rings. The van der Waals surface area contributed by atoms with Crippen LogP contribution in [-0.2, 0) is 9.53 Å². The molecule has 0 bridgehead atoms. The average molecular weight is 257 g/mol. The Kier molecular flexibility index (Phi) is 6.49. The number of amides is 2. The Hall–Kier alpha value is -1.30. The van der Waals surface area contributed by atoms with Crippen molar-refractivity contribution in [2.45, 2.75) is 38.1 Å². The van der Waals surface area contributed by atoms with E-state index in [1.807, 2.05) is 4.90 Å². The molecule has 3 N–H and O–H groups in total. The highest BCUT2D eigenvalue weighted by Gasteiger charge is 2.26. The molecule has 1 saturated heterocycles. The van der Waals surface area contributed by atoms with Gasteiger partial charge < -0.3 is 20.7 Å². The van der Waals surface area contributed by atoms with Gasteiger partial charge in [0.15, 0.2) is 0 Å². The summed E-state index contributed by atoms with van der Waals surface area (Å²) in [7, 11) is 1.34. The van der Waals surface area contributed by atoms with Gasteiger partial charge in [-0.05, 0) is 25.8 Å². The lowest BCUT2D eigenvalue weighted by atomic mass is 10.2. The predicted octanol–water partition coefficient (Wildman–Crippen LogP) is 0.462. The van der Waals surface area contributed by atoms with Crippen molar-refractivity contribution in [1.82, 2.24) is 10.2 Å². The number of carbonyl (C=O) groups is 2. The standard InChI is InChI=1S/C12H23N3O3/c1-18-12(17)14-10-6-8-15(9-10)11(16)5-3-2-4-7-13/h10H,2-9,13H2,1H3,(H,14,17). The van der Waals surface area contributed by atoms with E-state index in [2.05, 4.69) is 10.1 Å². The molecule has 104 valence electrons. The van der Waals surface area contributed by atoms with Crippen LogP contribution >= 0.6 is 0 Å². The van der Waals surface area contributed by atoms with Gasteiger partial charge in [0, 0.05) is 19.5 Å². The molecule has 6 heteroatoms. The number of nitrogens with two attached hydrogens (primary N) is 1. The molecular weight excluding hydrogens is 234 g/mol. The molecular formula is C12H23N3O3. The topological polar surface area (TPSA) is 84.7 Å². The summed E-state index contributed by atoms with van der Waals surface area (Å²) in [6.45, 7) is 1.98. The highest BCUT2D eigenvalue weighted by atomic mass is 16.5. The summed E-state index contributed by atoms with van der Waals surface area (Å²) in [5, 5.41) is 2.72. The highest BCUT2D eigenvalue weighted by Crippen LogP contribution is 2.12. The lowest BCUT2D eigenvalue weighted by Crippen LogP contribution is -2.38. The van der Waals surface area contributed by atoms with Crippen LogP contribution in [0, 0.1) is 0 Å². The fraction of sp³-hybridized carbons (Fsp3) is 0.833. The first-order valence-electron chi connectivity index (χ1n) is 6.49. The minimum atomic E-state index is -0.433. The van der Waals surface area contributed by atoms with Crippen LogP contribution in [0.3, 0.4) is 0 Å². The van der Waals surface area contributed by atoms with Crippen LogP contribution < -0.4 is 11.1 Å². The van der Waals surface area contributed by atoms with E-state index in [1.165, 1.54) is 7.11 Å². The number of likely N-dealkylation sites (tertiary alicyclic amines) is 1. The third kappa shape index (κ3) is 4.91. The number of hydrogen-bond donors (Lipinski definition) is 2. The Morgan fingerprint density at radius 3 is 2.83 bits per heavy atom. The van der Waals surface area contributed by atoms with Gasteiger partial charge in [-0.3, -0.25) is 4.79 Å². The molecule has 6 nitrogen and oxygen atoms in total. The molecule has 0 radical (unpaired) electrons. The lowest BCUT2D eigenvalue weighted by molar-refractivity contribution is -0.130. The maximum atomic E-state index is 11.9. The smallest absolute Gasteiger partial charge is 0.407 e. The van der Waals surface area contributed by atoms with Crippen molar-refractivity contribution in [3.63, 3.8) is 0 Å². The molecule has 1 aliphatic rings. The van der Waals surface area contributed by atoms with E-state index in [-0.39, 0.29) is 11.9 Å². The zero-order chi connectivity index (χ0) is 13.4. The second-order valence-corrected chi connectivity index (χ2v) is 4.56. The number of rotatable bonds is 6. The van der Waals surface area contributed by atoms with Gasteiger partial charge in [0.2, 0.25) is 5.91 Å². The number of ether oxygens (including phenoxy) is 1. The van der Waals surface area contributed by atoms with Crippen LogP contribution in [0.25, 0.3) is 0 Å². The van der Waals surface area contributed by atoms with Gasteiger partial charge in [0.1, 0.15) is 0 Å². The third-order valence-electron chi connectivity index (χ3n) is 3.14. The van der Waals surface area contributed by atoms with E-state index in [9.17, 15) is 9.59 Å². The summed E-state index contributed by atoms with van der Waals surface area (Å²) < 4.78 is 4.53. The molecule has 1 heterocycles. The number of nitrogens with one attached hydrogen (secondary N) is 1. The molecule has 2 amide bonds. The summed E-state index contributed by atoms with van der Waals surface area (Å²) >= 11 is 0. The molecule has 0 saturated carbocycles. The first kappa shape index (κ1) is 14.8. The van der Waals surface area contributed by atoms with Gasteiger partial charge in [0.25, 0.3) is 0 Å². The van der Waals surface area contributed by atoms with Crippen molar-refractivity contribution >= 4 is 12.0 Å². The van der Waals surface area contributed by atoms with Crippen LogP contribution in [0.1, 0.15) is 32.1 Å². The molecule has 18 heavy (non-hydrogen) atoms. The quantitative estimate of drug-likeness (QED) is 0.677. The third-order valence-corrected chi connectivity index (χ3v) is 3.14. The SMILES string of the molecule is COC(=O)NC1CCN(C(=O)CCCCCN)C1. The van der Waals surface area contributed by atoms with Gasteiger partial charge in [-0.1, -0.05) is 6.42 Å². The number of unbranched alkanes of at least 4 members (excludes halogenated alkanes) is 2. The predicted molar refractivity (Wildman–Crippen MR) is 68.0 cm³/mol. The molecule has 1 unspecified atom stereocenters. The van der Waals surface area contributed by atoms with Gasteiger partial charge in [-0.2, -0.15) is 0 Å².